The fourth-order valence-corrected chi connectivity index (χ4v) is 2.71. The molecule has 0 unspecified atom stereocenters. The third kappa shape index (κ3) is 7.16. The maximum Gasteiger partial charge on any atom is 0.254 e. The largest absolute Gasteiger partial charge is 0.352 e. The molecule has 0 bridgehead atoms. The molecular weight excluding hydrogens is 404 g/mol. The standard InChI is InChI=1S/C23H27F2N3O3/c1-15(2)28(3)23(31)17-8-6-16(7-9-17)14-27-21(29)5-4-12-26-22(30)19-11-10-18(24)13-20(19)25/h6-11,13,15H,4-5,12,14H2,1-3H3,(H,26,30)(H,27,29). The maximum absolute atomic E-state index is 13.6. The second-order valence-corrected chi connectivity index (χ2v) is 7.47. The van der Waals surface area contributed by atoms with Gasteiger partial charge in [0.05, 0.1) is 5.56 Å². The highest BCUT2D eigenvalue weighted by Crippen LogP contribution is 2.10. The van der Waals surface area contributed by atoms with Gasteiger partial charge in [-0.1, -0.05) is 12.1 Å². The van der Waals surface area contributed by atoms with E-state index in [0.717, 1.165) is 17.7 Å². The Kier molecular flexibility index (Phi) is 8.66. The van der Waals surface area contributed by atoms with Gasteiger partial charge in [0.2, 0.25) is 5.91 Å². The Bertz CT molecular complexity index is 930. The fraction of sp³-hybridized carbons (Fsp3) is 0.348. The molecule has 0 fully saturated rings. The number of carbonyl (C=O) groups is 3. The summed E-state index contributed by atoms with van der Waals surface area (Å²) in [6, 6.07) is 9.87. The maximum atomic E-state index is 13.6. The second-order valence-electron chi connectivity index (χ2n) is 7.47. The predicted molar refractivity (Wildman–Crippen MR) is 113 cm³/mol. The molecule has 2 rings (SSSR count). The molecule has 0 aromatic heterocycles. The second kappa shape index (κ2) is 11.2. The predicted octanol–water partition coefficient (Wildman–Crippen LogP) is 3.27. The van der Waals surface area contributed by atoms with Crippen molar-refractivity contribution in [1.82, 2.24) is 15.5 Å². The van der Waals surface area contributed by atoms with Gasteiger partial charge in [-0.25, -0.2) is 8.78 Å². The van der Waals surface area contributed by atoms with Gasteiger partial charge in [0.25, 0.3) is 11.8 Å². The molecule has 0 aliphatic heterocycles. The quantitative estimate of drug-likeness (QED) is 0.598. The van der Waals surface area contributed by atoms with Crippen molar-refractivity contribution >= 4 is 17.7 Å². The van der Waals surface area contributed by atoms with Crippen LogP contribution in [0.15, 0.2) is 42.5 Å². The molecule has 0 aliphatic rings. The zero-order valence-corrected chi connectivity index (χ0v) is 17.9. The number of hydrogen-bond donors (Lipinski definition) is 2. The number of nitrogens with one attached hydrogen (secondary N) is 2. The Morgan fingerprint density at radius 2 is 1.68 bits per heavy atom. The summed E-state index contributed by atoms with van der Waals surface area (Å²) in [4.78, 5) is 37.8. The van der Waals surface area contributed by atoms with Gasteiger partial charge in [-0.05, 0) is 50.1 Å². The van der Waals surface area contributed by atoms with E-state index in [4.69, 9.17) is 0 Å². The van der Waals surface area contributed by atoms with E-state index in [-0.39, 0.29) is 36.4 Å². The lowest BCUT2D eigenvalue weighted by molar-refractivity contribution is -0.121. The van der Waals surface area contributed by atoms with Gasteiger partial charge < -0.3 is 15.5 Å². The lowest BCUT2D eigenvalue weighted by atomic mass is 10.1. The third-order valence-corrected chi connectivity index (χ3v) is 4.83. The first-order chi connectivity index (χ1) is 14.7. The summed E-state index contributed by atoms with van der Waals surface area (Å²) in [5.41, 5.74) is 1.20. The van der Waals surface area contributed by atoms with Gasteiger partial charge in [-0.15, -0.1) is 0 Å². The zero-order chi connectivity index (χ0) is 23.0. The Labute approximate surface area is 180 Å². The van der Waals surface area contributed by atoms with Gasteiger partial charge in [0.15, 0.2) is 0 Å². The molecule has 2 aromatic carbocycles. The smallest absolute Gasteiger partial charge is 0.254 e. The first-order valence-electron chi connectivity index (χ1n) is 10.0. The number of nitrogens with zero attached hydrogens (tertiary/aromatic N) is 1. The van der Waals surface area contributed by atoms with Crippen LogP contribution in [0.3, 0.4) is 0 Å². The molecule has 2 aromatic rings. The number of amides is 3. The van der Waals surface area contributed by atoms with Crippen molar-refractivity contribution < 1.29 is 23.2 Å². The highest BCUT2D eigenvalue weighted by atomic mass is 19.1. The van der Waals surface area contributed by atoms with Crippen LogP contribution in [0.25, 0.3) is 0 Å². The molecule has 0 heterocycles. The Morgan fingerprint density at radius 3 is 2.29 bits per heavy atom. The van der Waals surface area contributed by atoms with Crippen LogP contribution in [-0.4, -0.2) is 42.3 Å². The summed E-state index contributed by atoms with van der Waals surface area (Å²) in [6.45, 7) is 4.38. The van der Waals surface area contributed by atoms with E-state index in [1.165, 1.54) is 0 Å². The molecule has 31 heavy (non-hydrogen) atoms. The minimum absolute atomic E-state index is 0.0619. The lowest BCUT2D eigenvalue weighted by Gasteiger charge is -2.21. The molecule has 0 saturated heterocycles. The fourth-order valence-electron chi connectivity index (χ4n) is 2.71. The molecule has 8 heteroatoms. The molecule has 0 aliphatic carbocycles. The number of hydrogen-bond acceptors (Lipinski definition) is 3. The monoisotopic (exact) mass is 431 g/mol. The van der Waals surface area contributed by atoms with Crippen molar-refractivity contribution in [3.8, 4) is 0 Å². The van der Waals surface area contributed by atoms with E-state index < -0.39 is 17.5 Å². The summed E-state index contributed by atoms with van der Waals surface area (Å²) in [5, 5.41) is 5.28. The van der Waals surface area contributed by atoms with Crippen LogP contribution < -0.4 is 10.6 Å². The molecule has 3 amide bonds. The molecule has 6 nitrogen and oxygen atoms in total. The first-order valence-corrected chi connectivity index (χ1v) is 10.0. The van der Waals surface area contributed by atoms with Crippen molar-refractivity contribution in [2.24, 2.45) is 0 Å². The average Bonchev–Trinajstić information content (AvgIpc) is 2.74. The van der Waals surface area contributed by atoms with Gasteiger partial charge in [0.1, 0.15) is 11.6 Å². The molecule has 0 spiro atoms. The van der Waals surface area contributed by atoms with Crippen LogP contribution in [0.1, 0.15) is 53.0 Å². The Hall–Kier alpha value is -3.29. The molecule has 0 atom stereocenters. The van der Waals surface area contributed by atoms with E-state index in [0.29, 0.717) is 24.6 Å². The topological polar surface area (TPSA) is 78.5 Å². The highest BCUT2D eigenvalue weighted by Gasteiger charge is 2.14. The molecule has 166 valence electrons. The third-order valence-electron chi connectivity index (χ3n) is 4.83. The molecular formula is C23H27F2N3O3. The van der Waals surface area contributed by atoms with Crippen LogP contribution in [0.2, 0.25) is 0 Å². The lowest BCUT2D eigenvalue weighted by Crippen LogP contribution is -2.32. The minimum atomic E-state index is -0.932. The van der Waals surface area contributed by atoms with Gasteiger partial charge in [0, 0.05) is 44.2 Å². The molecule has 2 N–H and O–H groups in total. The van der Waals surface area contributed by atoms with Crippen molar-refractivity contribution in [3.05, 3.63) is 70.8 Å². The molecule has 0 saturated carbocycles. The number of benzene rings is 2. The first kappa shape index (κ1) is 24.0. The number of rotatable bonds is 9. The zero-order valence-electron chi connectivity index (χ0n) is 17.9. The van der Waals surface area contributed by atoms with Gasteiger partial charge in [-0.2, -0.15) is 0 Å². The van der Waals surface area contributed by atoms with Crippen LogP contribution in [0, 0.1) is 11.6 Å². The van der Waals surface area contributed by atoms with Gasteiger partial charge >= 0.3 is 0 Å². The summed E-state index contributed by atoms with van der Waals surface area (Å²) in [5.74, 6) is -2.60. The SMILES string of the molecule is CC(C)N(C)C(=O)c1ccc(CNC(=O)CCCNC(=O)c2ccc(F)cc2F)cc1. The highest BCUT2D eigenvalue weighted by molar-refractivity contribution is 5.94. The van der Waals surface area contributed by atoms with Crippen LogP contribution in [-0.2, 0) is 11.3 Å². The summed E-state index contributed by atoms with van der Waals surface area (Å²) >= 11 is 0. The van der Waals surface area contributed by atoms with E-state index in [9.17, 15) is 23.2 Å². The number of halogens is 2. The molecule has 0 radical (unpaired) electrons. The van der Waals surface area contributed by atoms with Crippen molar-refractivity contribution in [2.45, 2.75) is 39.3 Å². The van der Waals surface area contributed by atoms with Crippen molar-refractivity contribution in [3.63, 3.8) is 0 Å². The number of carbonyl (C=O) groups excluding carboxylic acids is 3. The Balaban J connectivity index is 1.71. The normalized spacial score (nSPS) is 10.6. The van der Waals surface area contributed by atoms with E-state index in [1.54, 1.807) is 36.2 Å². The summed E-state index contributed by atoms with van der Waals surface area (Å²) in [6.07, 6.45) is 0.553. The van der Waals surface area contributed by atoms with Crippen molar-refractivity contribution in [2.75, 3.05) is 13.6 Å². The minimum Gasteiger partial charge on any atom is -0.352 e. The van der Waals surface area contributed by atoms with Crippen molar-refractivity contribution in [1.29, 1.82) is 0 Å². The van der Waals surface area contributed by atoms with Crippen LogP contribution in [0.5, 0.6) is 0 Å². The van der Waals surface area contributed by atoms with Crippen LogP contribution >= 0.6 is 0 Å². The van der Waals surface area contributed by atoms with Gasteiger partial charge in [-0.3, -0.25) is 14.4 Å². The van der Waals surface area contributed by atoms with E-state index in [1.807, 2.05) is 13.8 Å². The summed E-state index contributed by atoms with van der Waals surface area (Å²) in [7, 11) is 1.75. The van der Waals surface area contributed by atoms with Crippen LogP contribution in [0.4, 0.5) is 8.78 Å². The van der Waals surface area contributed by atoms with E-state index in [2.05, 4.69) is 10.6 Å². The summed E-state index contributed by atoms with van der Waals surface area (Å²) < 4.78 is 26.4. The Morgan fingerprint density at radius 1 is 1.00 bits per heavy atom. The average molecular weight is 431 g/mol. The van der Waals surface area contributed by atoms with E-state index >= 15 is 0 Å².